The lowest BCUT2D eigenvalue weighted by atomic mass is 10.2. The van der Waals surface area contributed by atoms with Gasteiger partial charge in [-0.05, 0) is 24.1 Å². The zero-order valence-corrected chi connectivity index (χ0v) is 17.3. The maximum absolute atomic E-state index is 12.4. The molecule has 0 spiro atoms. The smallest absolute Gasteiger partial charge is 0.329 e. The minimum absolute atomic E-state index is 0.0438. The van der Waals surface area contributed by atoms with Crippen LogP contribution >= 0.6 is 11.8 Å². The van der Waals surface area contributed by atoms with E-state index in [0.717, 1.165) is 28.3 Å². The average Bonchev–Trinajstić information content (AvgIpc) is 3.08. The molecule has 0 fully saturated rings. The van der Waals surface area contributed by atoms with Crippen molar-refractivity contribution >= 4 is 28.9 Å². The first-order valence-corrected chi connectivity index (χ1v) is 10.2. The second kappa shape index (κ2) is 9.18. The first kappa shape index (κ1) is 21.7. The fourth-order valence-electron chi connectivity index (χ4n) is 2.90. The summed E-state index contributed by atoms with van der Waals surface area (Å²) in [4.78, 5) is 41.6. The Kier molecular flexibility index (Phi) is 6.63. The molecule has 1 aromatic carbocycles. The fraction of sp³-hybridized carbons (Fsp3) is 0.368. The van der Waals surface area contributed by atoms with Gasteiger partial charge in [-0.1, -0.05) is 30.8 Å². The van der Waals surface area contributed by atoms with Crippen LogP contribution in [0.4, 0.5) is 0 Å². The number of rotatable bonds is 9. The Labute approximate surface area is 175 Å². The second-order valence-corrected chi connectivity index (χ2v) is 7.58. The van der Waals surface area contributed by atoms with Crippen LogP contribution < -0.4 is 16.0 Å². The number of aromatic nitrogens is 4. The number of ether oxygens (including phenoxy) is 1. The fourth-order valence-corrected chi connectivity index (χ4v) is 3.62. The van der Waals surface area contributed by atoms with Crippen molar-refractivity contribution in [2.24, 2.45) is 7.05 Å². The number of carbonyl (C=O) groups is 1. The molecule has 2 heterocycles. The summed E-state index contributed by atoms with van der Waals surface area (Å²) in [6, 6.07) is 7.50. The number of thioether (sulfide) groups is 1. The molecular formula is C19H22N4O6S. The summed E-state index contributed by atoms with van der Waals surface area (Å²) in [5, 5.41) is 19.7. The molecule has 0 amide bonds. The number of aliphatic carboxylic acids is 1. The maximum atomic E-state index is 12.4. The summed E-state index contributed by atoms with van der Waals surface area (Å²) in [6.07, 6.45) is -0.0983. The number of carboxylic acid groups (broad SMARTS) is 1. The number of nitrogens with zero attached hydrogens (tertiary/aromatic N) is 3. The Balaban J connectivity index is 1.85. The average molecular weight is 434 g/mol. The lowest BCUT2D eigenvalue weighted by molar-refractivity contribution is -0.133. The summed E-state index contributed by atoms with van der Waals surface area (Å²) in [7, 11) is 1.45. The Hall–Kier alpha value is -3.05. The molecule has 0 aliphatic heterocycles. The number of nitrogens with one attached hydrogen (secondary N) is 1. The van der Waals surface area contributed by atoms with E-state index in [1.807, 2.05) is 31.2 Å². The largest absolute Gasteiger partial charge is 0.491 e. The number of aromatic amines is 1. The first-order chi connectivity index (χ1) is 14.3. The third-order valence-corrected chi connectivity index (χ3v) is 5.43. The molecule has 0 saturated carbocycles. The van der Waals surface area contributed by atoms with Gasteiger partial charge in [0, 0.05) is 7.05 Å². The van der Waals surface area contributed by atoms with Crippen molar-refractivity contribution in [3.05, 3.63) is 50.7 Å². The lowest BCUT2D eigenvalue weighted by Crippen LogP contribution is -2.30. The van der Waals surface area contributed by atoms with Gasteiger partial charge in [0.15, 0.2) is 16.3 Å². The number of fused-ring (bicyclic) bond motifs is 1. The molecule has 2 aromatic heterocycles. The van der Waals surface area contributed by atoms with Gasteiger partial charge in [0.25, 0.3) is 5.56 Å². The van der Waals surface area contributed by atoms with Crippen LogP contribution in [0.25, 0.3) is 11.2 Å². The quantitative estimate of drug-likeness (QED) is 0.416. The summed E-state index contributed by atoms with van der Waals surface area (Å²) in [5.74, 6) is -0.741. The number of benzene rings is 1. The standard InChI is InChI=1S/C19H22N4O6S/c1-3-11-4-6-13(7-5-11)29-9-12(24)8-23-15-16(20-19(23)30-10-14(25)26)22(2)18(28)21-17(15)27/h4-7,12,24H,3,8-10H2,1-2H3,(H,25,26)(H,21,27,28)/t12-/m0/s1. The van der Waals surface area contributed by atoms with Gasteiger partial charge in [0.2, 0.25) is 0 Å². The van der Waals surface area contributed by atoms with Gasteiger partial charge < -0.3 is 19.5 Å². The molecule has 1 atom stereocenters. The number of aryl methyl sites for hydroxylation is 2. The molecule has 0 unspecified atom stereocenters. The molecule has 0 bridgehead atoms. The molecule has 0 aliphatic carbocycles. The van der Waals surface area contributed by atoms with Gasteiger partial charge in [0.1, 0.15) is 18.5 Å². The second-order valence-electron chi connectivity index (χ2n) is 6.64. The number of hydrogen-bond donors (Lipinski definition) is 3. The van der Waals surface area contributed by atoms with Crippen molar-refractivity contribution in [1.29, 1.82) is 0 Å². The minimum atomic E-state index is -1.05. The predicted octanol–water partition coefficient (Wildman–Crippen LogP) is 0.602. The maximum Gasteiger partial charge on any atom is 0.329 e. The van der Waals surface area contributed by atoms with Gasteiger partial charge in [-0.25, -0.2) is 9.78 Å². The van der Waals surface area contributed by atoms with Crippen molar-refractivity contribution in [2.45, 2.75) is 31.1 Å². The van der Waals surface area contributed by atoms with E-state index >= 15 is 0 Å². The number of aliphatic hydroxyl groups excluding tert-OH is 1. The summed E-state index contributed by atoms with van der Waals surface area (Å²) < 4.78 is 8.19. The monoisotopic (exact) mass is 434 g/mol. The molecule has 0 saturated heterocycles. The highest BCUT2D eigenvalue weighted by molar-refractivity contribution is 7.99. The van der Waals surface area contributed by atoms with Gasteiger partial charge >= 0.3 is 11.7 Å². The Morgan fingerprint density at radius 1 is 1.30 bits per heavy atom. The molecule has 10 nitrogen and oxygen atoms in total. The lowest BCUT2D eigenvalue weighted by Gasteiger charge is -2.15. The molecule has 11 heteroatoms. The highest BCUT2D eigenvalue weighted by Gasteiger charge is 2.20. The van der Waals surface area contributed by atoms with Gasteiger partial charge in [-0.3, -0.25) is 19.1 Å². The Morgan fingerprint density at radius 3 is 2.63 bits per heavy atom. The van der Waals surface area contributed by atoms with E-state index in [1.54, 1.807) is 0 Å². The van der Waals surface area contributed by atoms with E-state index in [9.17, 15) is 19.5 Å². The van der Waals surface area contributed by atoms with Crippen molar-refractivity contribution in [2.75, 3.05) is 12.4 Å². The van der Waals surface area contributed by atoms with Crippen LogP contribution in [0.15, 0.2) is 39.0 Å². The van der Waals surface area contributed by atoms with Crippen LogP contribution in [0.2, 0.25) is 0 Å². The molecule has 30 heavy (non-hydrogen) atoms. The van der Waals surface area contributed by atoms with E-state index < -0.39 is 23.3 Å². The third kappa shape index (κ3) is 4.74. The summed E-state index contributed by atoms with van der Waals surface area (Å²) >= 11 is 0.897. The van der Waals surface area contributed by atoms with Gasteiger partial charge in [-0.2, -0.15) is 0 Å². The minimum Gasteiger partial charge on any atom is -0.491 e. The number of carboxylic acids is 1. The van der Waals surface area contributed by atoms with Crippen molar-refractivity contribution < 1.29 is 19.7 Å². The number of hydrogen-bond acceptors (Lipinski definition) is 7. The normalized spacial score (nSPS) is 12.2. The summed E-state index contributed by atoms with van der Waals surface area (Å²) in [5.41, 5.74) is 0.0614. The number of imidazole rings is 1. The SMILES string of the molecule is CCc1ccc(OC[C@@H](O)Cn2c(SCC(=O)O)nc3c2c(=O)[nH]c(=O)n3C)cc1. The van der Waals surface area contributed by atoms with Crippen LogP contribution in [-0.4, -0.2) is 53.7 Å². The molecule has 3 rings (SSSR count). The topological polar surface area (TPSA) is 139 Å². The van der Waals surface area contributed by atoms with Crippen LogP contribution in [-0.2, 0) is 24.8 Å². The van der Waals surface area contributed by atoms with Crippen molar-refractivity contribution in [3.63, 3.8) is 0 Å². The zero-order valence-electron chi connectivity index (χ0n) is 16.5. The highest BCUT2D eigenvalue weighted by atomic mass is 32.2. The van der Waals surface area contributed by atoms with E-state index in [0.29, 0.717) is 5.75 Å². The van der Waals surface area contributed by atoms with Crippen LogP contribution in [0.3, 0.4) is 0 Å². The number of aliphatic hydroxyl groups is 1. The van der Waals surface area contributed by atoms with Crippen molar-refractivity contribution in [3.8, 4) is 5.75 Å². The van der Waals surface area contributed by atoms with Crippen LogP contribution in [0.5, 0.6) is 5.75 Å². The molecule has 3 N–H and O–H groups in total. The van der Waals surface area contributed by atoms with Crippen LogP contribution in [0.1, 0.15) is 12.5 Å². The molecule has 0 radical (unpaired) electrons. The van der Waals surface area contributed by atoms with Crippen LogP contribution in [0, 0.1) is 0 Å². The number of H-pyrrole nitrogens is 1. The van der Waals surface area contributed by atoms with Gasteiger partial charge in [-0.15, -0.1) is 0 Å². The molecule has 160 valence electrons. The molecule has 0 aliphatic rings. The highest BCUT2D eigenvalue weighted by Crippen LogP contribution is 2.22. The first-order valence-electron chi connectivity index (χ1n) is 9.24. The third-order valence-electron chi connectivity index (χ3n) is 4.46. The zero-order chi connectivity index (χ0) is 21.8. The molecular weight excluding hydrogens is 412 g/mol. The van der Waals surface area contributed by atoms with Crippen molar-refractivity contribution in [1.82, 2.24) is 19.1 Å². The van der Waals surface area contributed by atoms with Gasteiger partial charge in [0.05, 0.1) is 12.3 Å². The predicted molar refractivity (Wildman–Crippen MR) is 111 cm³/mol. The van der Waals surface area contributed by atoms with E-state index in [2.05, 4.69) is 9.97 Å². The van der Waals surface area contributed by atoms with E-state index in [1.165, 1.54) is 11.6 Å². The Bertz CT molecular complexity index is 1160. The van der Waals surface area contributed by atoms with E-state index in [-0.39, 0.29) is 35.2 Å². The Morgan fingerprint density at radius 2 is 2.00 bits per heavy atom. The molecule has 3 aromatic rings. The summed E-state index contributed by atoms with van der Waals surface area (Å²) in [6.45, 7) is 1.94. The van der Waals surface area contributed by atoms with E-state index in [4.69, 9.17) is 9.84 Å².